The molecule has 7 heteroatoms. The number of piperidine rings is 1. The van der Waals surface area contributed by atoms with E-state index in [1.165, 1.54) is 6.07 Å². The van der Waals surface area contributed by atoms with Crippen LogP contribution in [0, 0.1) is 11.7 Å². The number of para-hydroxylation sites is 1. The maximum atomic E-state index is 14.2. The number of likely N-dealkylation sites (tertiary alicyclic amines) is 1. The molecule has 5 nitrogen and oxygen atoms in total. The molecule has 2 aliphatic rings. The fourth-order valence-corrected chi connectivity index (χ4v) is 5.51. The zero-order valence-corrected chi connectivity index (χ0v) is 20.1. The molecule has 33 heavy (non-hydrogen) atoms. The summed E-state index contributed by atoms with van der Waals surface area (Å²) in [6.45, 7) is 6.29. The quantitative estimate of drug-likeness (QED) is 0.660. The molecule has 0 saturated carbocycles. The Labute approximate surface area is 201 Å². The van der Waals surface area contributed by atoms with Crippen LogP contribution in [0.2, 0.25) is 5.02 Å². The molecule has 0 unspecified atom stereocenters. The van der Waals surface area contributed by atoms with E-state index in [-0.39, 0.29) is 11.7 Å². The lowest BCUT2D eigenvalue weighted by molar-refractivity contribution is -0.121. The van der Waals surface area contributed by atoms with Crippen molar-refractivity contribution in [2.24, 2.45) is 5.92 Å². The van der Waals surface area contributed by atoms with Gasteiger partial charge >= 0.3 is 0 Å². The van der Waals surface area contributed by atoms with E-state index in [1.807, 2.05) is 30.3 Å². The first kappa shape index (κ1) is 24.0. The molecule has 0 aromatic heterocycles. The van der Waals surface area contributed by atoms with Gasteiger partial charge in [-0.25, -0.2) is 4.39 Å². The Morgan fingerprint density at radius 3 is 2.52 bits per heavy atom. The fraction of sp³-hybridized carbons (Fsp3) is 0.500. The van der Waals surface area contributed by atoms with Crippen LogP contribution in [0.25, 0.3) is 0 Å². The lowest BCUT2D eigenvalue weighted by Gasteiger charge is -2.47. The van der Waals surface area contributed by atoms with Crippen molar-refractivity contribution in [3.05, 3.63) is 64.9 Å². The summed E-state index contributed by atoms with van der Waals surface area (Å²) >= 11 is 6.41. The lowest BCUT2D eigenvalue weighted by atomic mass is 9.86. The normalized spacial score (nSPS) is 22.3. The minimum atomic E-state index is -0.151. The predicted molar refractivity (Wildman–Crippen MR) is 132 cm³/mol. The molecule has 4 rings (SSSR count). The van der Waals surface area contributed by atoms with Gasteiger partial charge in [0.2, 0.25) is 5.91 Å². The first-order chi connectivity index (χ1) is 16.0. The van der Waals surface area contributed by atoms with E-state index in [0.29, 0.717) is 24.1 Å². The molecule has 1 amide bonds. The summed E-state index contributed by atoms with van der Waals surface area (Å²) in [5, 5.41) is 3.57. The smallest absolute Gasteiger partial charge is 0.219 e. The van der Waals surface area contributed by atoms with E-state index in [2.05, 4.69) is 26.1 Å². The topological polar surface area (TPSA) is 38.8 Å². The second-order valence-corrected chi connectivity index (χ2v) is 9.54. The highest BCUT2D eigenvalue weighted by Crippen LogP contribution is 2.30. The molecule has 0 aliphatic carbocycles. The molecule has 2 atom stereocenters. The third-order valence-electron chi connectivity index (χ3n) is 7.13. The van der Waals surface area contributed by atoms with Crippen molar-refractivity contribution >= 4 is 23.2 Å². The summed E-state index contributed by atoms with van der Waals surface area (Å²) in [6, 6.07) is 15.5. The van der Waals surface area contributed by atoms with Gasteiger partial charge in [-0.1, -0.05) is 41.9 Å². The number of carbonyl (C=O) groups is 1. The van der Waals surface area contributed by atoms with Crippen LogP contribution in [0.15, 0.2) is 48.5 Å². The largest absolute Gasteiger partial charge is 0.367 e. The van der Waals surface area contributed by atoms with Crippen LogP contribution in [-0.2, 0) is 11.3 Å². The molecule has 0 spiro atoms. The van der Waals surface area contributed by atoms with Crippen LogP contribution in [0.5, 0.6) is 0 Å². The summed E-state index contributed by atoms with van der Waals surface area (Å²) in [5.41, 5.74) is 1.85. The Hall–Kier alpha value is -2.15. The minimum absolute atomic E-state index is 0.0985. The maximum absolute atomic E-state index is 14.2. The molecule has 2 fully saturated rings. The average Bonchev–Trinajstić information content (AvgIpc) is 2.84. The Kier molecular flexibility index (Phi) is 8.23. The van der Waals surface area contributed by atoms with Gasteiger partial charge in [0.05, 0.1) is 5.69 Å². The molecule has 178 valence electrons. The van der Waals surface area contributed by atoms with Gasteiger partial charge in [0.1, 0.15) is 5.82 Å². The van der Waals surface area contributed by atoms with Crippen molar-refractivity contribution in [2.75, 3.05) is 51.2 Å². The second kappa shape index (κ2) is 11.3. The summed E-state index contributed by atoms with van der Waals surface area (Å²) in [4.78, 5) is 19.2. The van der Waals surface area contributed by atoms with Crippen molar-refractivity contribution in [3.8, 4) is 0 Å². The van der Waals surface area contributed by atoms with Crippen LogP contribution >= 0.6 is 11.6 Å². The zero-order valence-electron chi connectivity index (χ0n) is 19.4. The van der Waals surface area contributed by atoms with Crippen LogP contribution in [0.3, 0.4) is 0 Å². The van der Waals surface area contributed by atoms with E-state index in [9.17, 15) is 9.18 Å². The highest BCUT2D eigenvalue weighted by Gasteiger charge is 2.35. The van der Waals surface area contributed by atoms with E-state index >= 15 is 0 Å². The van der Waals surface area contributed by atoms with Gasteiger partial charge in [-0.2, -0.15) is 0 Å². The summed E-state index contributed by atoms with van der Waals surface area (Å²) in [6.07, 6.45) is 2.49. The van der Waals surface area contributed by atoms with Gasteiger partial charge in [-0.15, -0.1) is 0 Å². The first-order valence-corrected chi connectivity index (χ1v) is 12.3. The number of piperazine rings is 1. The van der Waals surface area contributed by atoms with E-state index < -0.39 is 0 Å². The number of nitrogens with one attached hydrogen (secondary N) is 1. The minimum Gasteiger partial charge on any atom is -0.367 e. The molecule has 2 aromatic carbocycles. The molecule has 0 radical (unpaired) electrons. The van der Waals surface area contributed by atoms with Crippen molar-refractivity contribution in [1.82, 2.24) is 15.1 Å². The molecular weight excluding hydrogens is 439 g/mol. The molecule has 2 saturated heterocycles. The van der Waals surface area contributed by atoms with Crippen molar-refractivity contribution < 1.29 is 9.18 Å². The Morgan fingerprint density at radius 1 is 1.06 bits per heavy atom. The van der Waals surface area contributed by atoms with E-state index in [1.54, 1.807) is 13.1 Å². The number of amides is 1. The predicted octanol–water partition coefficient (Wildman–Crippen LogP) is 4.02. The van der Waals surface area contributed by atoms with Crippen LogP contribution in [-0.4, -0.2) is 68.1 Å². The Morgan fingerprint density at radius 2 is 1.79 bits per heavy atom. The number of hydrogen-bond donors (Lipinski definition) is 1. The SMILES string of the molecule is CNC(=O)CC[C@@H]1CN(Cc2ccccc2Cl)CC[C@@H]1N1CCN(c2ccccc2F)CC1. The highest BCUT2D eigenvalue weighted by molar-refractivity contribution is 6.31. The monoisotopic (exact) mass is 472 g/mol. The lowest BCUT2D eigenvalue weighted by Crippen LogP contribution is -2.56. The molecule has 2 heterocycles. The van der Waals surface area contributed by atoms with Gasteiger partial charge in [-0.3, -0.25) is 14.6 Å². The first-order valence-electron chi connectivity index (χ1n) is 11.9. The van der Waals surface area contributed by atoms with Crippen LogP contribution < -0.4 is 10.2 Å². The molecular formula is C26H34ClFN4O. The van der Waals surface area contributed by atoms with Crippen LogP contribution in [0.1, 0.15) is 24.8 Å². The number of anilines is 1. The third kappa shape index (κ3) is 6.05. The summed E-state index contributed by atoms with van der Waals surface area (Å²) in [5.74, 6) is 0.363. The highest BCUT2D eigenvalue weighted by atomic mass is 35.5. The van der Waals surface area contributed by atoms with Crippen LogP contribution in [0.4, 0.5) is 10.1 Å². The van der Waals surface area contributed by atoms with E-state index in [4.69, 9.17) is 11.6 Å². The average molecular weight is 473 g/mol. The van der Waals surface area contributed by atoms with Gasteiger partial charge in [0, 0.05) is 63.8 Å². The number of halogens is 2. The fourth-order valence-electron chi connectivity index (χ4n) is 5.31. The van der Waals surface area contributed by atoms with Gasteiger partial charge in [0.25, 0.3) is 0 Å². The van der Waals surface area contributed by atoms with Gasteiger partial charge < -0.3 is 10.2 Å². The molecule has 2 aliphatic heterocycles. The van der Waals surface area contributed by atoms with Gasteiger partial charge in [0.15, 0.2) is 0 Å². The van der Waals surface area contributed by atoms with Crippen molar-refractivity contribution in [3.63, 3.8) is 0 Å². The van der Waals surface area contributed by atoms with Crippen molar-refractivity contribution in [2.45, 2.75) is 31.8 Å². The van der Waals surface area contributed by atoms with Gasteiger partial charge in [-0.05, 0) is 49.1 Å². The number of benzene rings is 2. The Balaban J connectivity index is 1.40. The molecule has 2 aromatic rings. The number of hydrogen-bond acceptors (Lipinski definition) is 4. The number of nitrogens with zero attached hydrogens (tertiary/aromatic N) is 3. The summed E-state index contributed by atoms with van der Waals surface area (Å²) < 4.78 is 14.2. The van der Waals surface area contributed by atoms with Crippen molar-refractivity contribution in [1.29, 1.82) is 0 Å². The maximum Gasteiger partial charge on any atom is 0.219 e. The molecule has 0 bridgehead atoms. The Bertz CT molecular complexity index is 934. The molecule has 1 N–H and O–H groups in total. The standard InChI is InChI=1S/C26H34ClFN4O/c1-29-26(33)11-10-21-19-30(18-20-6-2-3-7-22(20)27)13-12-24(21)31-14-16-32(17-15-31)25-9-5-4-8-23(25)28/h2-9,21,24H,10-19H2,1H3,(H,29,33)/t21-,24+/m1/s1. The van der Waals surface area contributed by atoms with E-state index in [0.717, 1.165) is 69.2 Å². The summed E-state index contributed by atoms with van der Waals surface area (Å²) in [7, 11) is 1.70. The second-order valence-electron chi connectivity index (χ2n) is 9.13. The zero-order chi connectivity index (χ0) is 23.2. The number of rotatable bonds is 7. The third-order valence-corrected chi connectivity index (χ3v) is 7.50. The number of carbonyl (C=O) groups excluding carboxylic acids is 1.